The number of likely N-dealkylation sites (tertiary alicyclic amines) is 1. The van der Waals surface area contributed by atoms with Crippen molar-refractivity contribution in [2.24, 2.45) is 5.92 Å². The standard InChI is InChI=1S/C27H30FN3O3/c1-18-17-31(27(32)29-26-19(2)20(3)34-30-26)13-11-23(18)15-22-5-4-6-25(16-22)33-14-12-21-7-9-24(28)10-8-21/h4-10,15-16,18H,11-14,17H2,1-3H3,(H,29,30,32). The Morgan fingerprint density at radius 2 is 2.06 bits per heavy atom. The van der Waals surface area contributed by atoms with Crippen LogP contribution in [-0.2, 0) is 6.42 Å². The van der Waals surface area contributed by atoms with E-state index in [1.807, 2.05) is 36.9 Å². The Balaban J connectivity index is 1.32. The summed E-state index contributed by atoms with van der Waals surface area (Å²) < 4.78 is 24.1. The Labute approximate surface area is 199 Å². The van der Waals surface area contributed by atoms with Crippen LogP contribution in [0, 0.1) is 25.6 Å². The SMILES string of the molecule is Cc1onc(NC(=O)N2CCC(=Cc3cccc(OCCc4ccc(F)cc4)c3)C(C)C2)c1C. The molecule has 0 aliphatic carbocycles. The lowest BCUT2D eigenvalue weighted by Gasteiger charge is -2.33. The van der Waals surface area contributed by atoms with Crippen molar-refractivity contribution >= 4 is 17.9 Å². The van der Waals surface area contributed by atoms with E-state index in [1.54, 1.807) is 12.1 Å². The number of aryl methyl sites for hydroxylation is 1. The first kappa shape index (κ1) is 23.5. The number of amides is 2. The van der Waals surface area contributed by atoms with Crippen LogP contribution >= 0.6 is 0 Å². The lowest BCUT2D eigenvalue weighted by molar-refractivity contribution is 0.197. The van der Waals surface area contributed by atoms with Crippen LogP contribution in [0.2, 0.25) is 0 Å². The number of piperidine rings is 1. The Bertz CT molecular complexity index is 1170. The van der Waals surface area contributed by atoms with E-state index in [0.717, 1.165) is 28.9 Å². The molecule has 0 bridgehead atoms. The molecule has 1 saturated heterocycles. The molecule has 0 saturated carbocycles. The number of anilines is 1. The van der Waals surface area contributed by atoms with Gasteiger partial charge in [-0.25, -0.2) is 9.18 Å². The molecule has 1 aromatic heterocycles. The quantitative estimate of drug-likeness (QED) is 0.486. The summed E-state index contributed by atoms with van der Waals surface area (Å²) >= 11 is 0. The summed E-state index contributed by atoms with van der Waals surface area (Å²) in [6.45, 7) is 7.65. The predicted molar refractivity (Wildman–Crippen MR) is 130 cm³/mol. The first-order chi connectivity index (χ1) is 16.4. The van der Waals surface area contributed by atoms with Crippen molar-refractivity contribution < 1.29 is 18.4 Å². The molecule has 2 amide bonds. The molecule has 1 atom stereocenters. The van der Waals surface area contributed by atoms with Crippen molar-refractivity contribution in [3.63, 3.8) is 0 Å². The first-order valence-electron chi connectivity index (χ1n) is 11.6. The molecule has 1 unspecified atom stereocenters. The van der Waals surface area contributed by atoms with Crippen LogP contribution < -0.4 is 10.1 Å². The Hall–Kier alpha value is -3.61. The average molecular weight is 464 g/mol. The Morgan fingerprint density at radius 1 is 1.26 bits per heavy atom. The van der Waals surface area contributed by atoms with Crippen LogP contribution in [0.5, 0.6) is 5.75 Å². The molecule has 2 aromatic carbocycles. The minimum Gasteiger partial charge on any atom is -0.493 e. The number of urea groups is 1. The fourth-order valence-electron chi connectivity index (χ4n) is 4.01. The number of ether oxygens (including phenoxy) is 1. The second kappa shape index (κ2) is 10.5. The molecule has 1 N–H and O–H groups in total. The van der Waals surface area contributed by atoms with Gasteiger partial charge >= 0.3 is 6.03 Å². The zero-order chi connectivity index (χ0) is 24.1. The number of hydrogen-bond donors (Lipinski definition) is 1. The summed E-state index contributed by atoms with van der Waals surface area (Å²) in [7, 11) is 0. The van der Waals surface area contributed by atoms with Crippen molar-refractivity contribution in [2.75, 3.05) is 25.0 Å². The molecule has 7 heteroatoms. The zero-order valence-corrected chi connectivity index (χ0v) is 19.8. The molecule has 34 heavy (non-hydrogen) atoms. The van der Waals surface area contributed by atoms with E-state index in [2.05, 4.69) is 29.5 Å². The summed E-state index contributed by atoms with van der Waals surface area (Å²) in [6, 6.07) is 14.3. The number of halogens is 1. The van der Waals surface area contributed by atoms with E-state index in [1.165, 1.54) is 17.7 Å². The summed E-state index contributed by atoms with van der Waals surface area (Å²) in [6.07, 6.45) is 3.72. The third kappa shape index (κ3) is 5.84. The minimum absolute atomic E-state index is 0.154. The van der Waals surface area contributed by atoms with Crippen LogP contribution in [0.25, 0.3) is 6.08 Å². The molecule has 1 fully saturated rings. The maximum absolute atomic E-state index is 13.0. The van der Waals surface area contributed by atoms with Crippen LogP contribution in [0.1, 0.15) is 35.8 Å². The molecular formula is C27H30FN3O3. The Kier molecular flexibility index (Phi) is 7.30. The lowest BCUT2D eigenvalue weighted by Crippen LogP contribution is -2.42. The molecule has 1 aliphatic heterocycles. The maximum Gasteiger partial charge on any atom is 0.323 e. The van der Waals surface area contributed by atoms with E-state index >= 15 is 0 Å². The van der Waals surface area contributed by atoms with Crippen LogP contribution in [0.15, 0.2) is 58.6 Å². The van der Waals surface area contributed by atoms with Crippen LogP contribution in [0.4, 0.5) is 15.0 Å². The lowest BCUT2D eigenvalue weighted by atomic mass is 9.91. The largest absolute Gasteiger partial charge is 0.493 e. The van der Waals surface area contributed by atoms with Crippen LogP contribution in [0.3, 0.4) is 0 Å². The number of benzene rings is 2. The molecule has 0 spiro atoms. The fourth-order valence-corrected chi connectivity index (χ4v) is 4.01. The van der Waals surface area contributed by atoms with Gasteiger partial charge in [-0.05, 0) is 61.6 Å². The third-order valence-electron chi connectivity index (χ3n) is 6.25. The number of nitrogens with zero attached hydrogens (tertiary/aromatic N) is 2. The van der Waals surface area contributed by atoms with E-state index < -0.39 is 0 Å². The van der Waals surface area contributed by atoms with Gasteiger partial charge in [0.15, 0.2) is 5.82 Å². The fraction of sp³-hybridized carbons (Fsp3) is 0.333. The van der Waals surface area contributed by atoms with E-state index in [-0.39, 0.29) is 17.8 Å². The number of nitrogens with one attached hydrogen (secondary N) is 1. The number of hydrogen-bond acceptors (Lipinski definition) is 4. The van der Waals surface area contributed by atoms with E-state index in [4.69, 9.17) is 9.26 Å². The van der Waals surface area contributed by atoms with Gasteiger partial charge in [0.1, 0.15) is 17.3 Å². The van der Waals surface area contributed by atoms with Crippen molar-refractivity contribution in [1.82, 2.24) is 10.1 Å². The molecule has 2 heterocycles. The summed E-state index contributed by atoms with van der Waals surface area (Å²) in [4.78, 5) is 14.5. The van der Waals surface area contributed by atoms with Gasteiger partial charge in [0.2, 0.25) is 0 Å². The van der Waals surface area contributed by atoms with Crippen molar-refractivity contribution in [3.05, 3.63) is 82.4 Å². The van der Waals surface area contributed by atoms with Gasteiger partial charge in [-0.1, -0.05) is 48.0 Å². The highest BCUT2D eigenvalue weighted by atomic mass is 19.1. The molecule has 4 rings (SSSR count). The van der Waals surface area contributed by atoms with Gasteiger partial charge in [0.25, 0.3) is 0 Å². The molecule has 178 valence electrons. The van der Waals surface area contributed by atoms with Crippen molar-refractivity contribution in [1.29, 1.82) is 0 Å². The molecule has 1 aliphatic rings. The average Bonchev–Trinajstić information content (AvgIpc) is 3.14. The van der Waals surface area contributed by atoms with Crippen molar-refractivity contribution in [3.8, 4) is 5.75 Å². The van der Waals surface area contributed by atoms with E-state index in [9.17, 15) is 9.18 Å². The second-order valence-electron chi connectivity index (χ2n) is 8.76. The number of carbonyl (C=O) groups is 1. The highest BCUT2D eigenvalue weighted by molar-refractivity contribution is 5.89. The van der Waals surface area contributed by atoms with Crippen LogP contribution in [-0.4, -0.2) is 35.8 Å². The van der Waals surface area contributed by atoms with Crippen molar-refractivity contribution in [2.45, 2.75) is 33.6 Å². The predicted octanol–water partition coefficient (Wildman–Crippen LogP) is 6.01. The Morgan fingerprint density at radius 3 is 2.76 bits per heavy atom. The molecule has 3 aromatic rings. The van der Waals surface area contributed by atoms with Gasteiger partial charge < -0.3 is 14.2 Å². The second-order valence-corrected chi connectivity index (χ2v) is 8.76. The highest BCUT2D eigenvalue weighted by Crippen LogP contribution is 2.27. The maximum atomic E-state index is 13.0. The first-order valence-corrected chi connectivity index (χ1v) is 11.6. The highest BCUT2D eigenvalue weighted by Gasteiger charge is 2.25. The topological polar surface area (TPSA) is 67.6 Å². The normalized spacial score (nSPS) is 17.1. The van der Waals surface area contributed by atoms with E-state index in [0.29, 0.717) is 37.7 Å². The molecular weight excluding hydrogens is 433 g/mol. The monoisotopic (exact) mass is 463 g/mol. The summed E-state index contributed by atoms with van der Waals surface area (Å²) in [5.74, 6) is 2.00. The van der Waals surface area contributed by atoms with Gasteiger partial charge in [0, 0.05) is 25.1 Å². The number of carbonyl (C=O) groups excluding carboxylic acids is 1. The van der Waals surface area contributed by atoms with Gasteiger partial charge in [-0.3, -0.25) is 5.32 Å². The summed E-state index contributed by atoms with van der Waals surface area (Å²) in [5.41, 5.74) is 4.27. The zero-order valence-electron chi connectivity index (χ0n) is 19.8. The van der Waals surface area contributed by atoms with Gasteiger partial charge in [0.05, 0.1) is 6.61 Å². The van der Waals surface area contributed by atoms with Gasteiger partial charge in [-0.15, -0.1) is 0 Å². The number of aromatic nitrogens is 1. The molecule has 6 nitrogen and oxygen atoms in total. The number of rotatable bonds is 6. The molecule has 0 radical (unpaired) electrons. The minimum atomic E-state index is -0.230. The smallest absolute Gasteiger partial charge is 0.323 e. The third-order valence-corrected chi connectivity index (χ3v) is 6.25. The summed E-state index contributed by atoms with van der Waals surface area (Å²) in [5, 5.41) is 6.77. The van der Waals surface area contributed by atoms with Gasteiger partial charge in [-0.2, -0.15) is 0 Å².